The molecule has 0 aliphatic carbocycles. The summed E-state index contributed by atoms with van der Waals surface area (Å²) >= 11 is 0. The molecule has 6 heteroatoms. The van der Waals surface area contributed by atoms with Gasteiger partial charge in [-0.1, -0.05) is 12.1 Å². The minimum absolute atomic E-state index is 0.311. The molecule has 1 amide bonds. The summed E-state index contributed by atoms with van der Waals surface area (Å²) in [5.41, 5.74) is 7.81. The van der Waals surface area contributed by atoms with Crippen molar-refractivity contribution >= 4 is 11.6 Å². The number of nitrogen functional groups attached to an aromatic ring is 1. The monoisotopic (exact) mass is 276 g/mol. The second-order valence-electron chi connectivity index (χ2n) is 4.72. The van der Waals surface area contributed by atoms with Crippen molar-refractivity contribution in [1.29, 1.82) is 0 Å². The van der Waals surface area contributed by atoms with E-state index in [0.717, 1.165) is 0 Å². The molecule has 0 fully saturated rings. The molecule has 1 aromatic carbocycles. The number of benzene rings is 1. The highest BCUT2D eigenvalue weighted by atomic mass is 19.1. The summed E-state index contributed by atoms with van der Waals surface area (Å²) < 4.78 is 14.6. The van der Waals surface area contributed by atoms with E-state index in [-0.39, 0.29) is 17.8 Å². The van der Waals surface area contributed by atoms with Crippen LogP contribution >= 0.6 is 0 Å². The Hall–Kier alpha value is -2.37. The van der Waals surface area contributed by atoms with Gasteiger partial charge in [0.15, 0.2) is 0 Å². The Labute approximate surface area is 116 Å². The van der Waals surface area contributed by atoms with Gasteiger partial charge in [0.05, 0.1) is 17.4 Å². The molecule has 0 aliphatic heterocycles. The van der Waals surface area contributed by atoms with E-state index in [2.05, 4.69) is 10.4 Å². The first kappa shape index (κ1) is 14.0. The molecule has 5 nitrogen and oxygen atoms in total. The number of amides is 1. The molecule has 0 bridgehead atoms. The highest BCUT2D eigenvalue weighted by Crippen LogP contribution is 2.18. The van der Waals surface area contributed by atoms with Crippen molar-refractivity contribution in [3.05, 3.63) is 47.0 Å². The van der Waals surface area contributed by atoms with Crippen LogP contribution in [0, 0.1) is 12.7 Å². The number of nitrogens with two attached hydrogens (primary N) is 1. The van der Waals surface area contributed by atoms with Crippen LogP contribution in [0.5, 0.6) is 0 Å². The van der Waals surface area contributed by atoms with Gasteiger partial charge in [0, 0.05) is 7.05 Å². The number of aromatic nitrogens is 2. The summed E-state index contributed by atoms with van der Waals surface area (Å²) in [5, 5.41) is 6.88. The first-order valence-electron chi connectivity index (χ1n) is 6.25. The maximum Gasteiger partial charge on any atom is 0.272 e. The lowest BCUT2D eigenvalue weighted by Crippen LogP contribution is -2.29. The van der Waals surface area contributed by atoms with E-state index >= 15 is 0 Å². The molecule has 0 saturated carbocycles. The largest absolute Gasteiger partial charge is 0.395 e. The summed E-state index contributed by atoms with van der Waals surface area (Å²) in [6, 6.07) is 5.79. The fourth-order valence-electron chi connectivity index (χ4n) is 2.07. The summed E-state index contributed by atoms with van der Waals surface area (Å²) in [5.74, 6) is -0.665. The van der Waals surface area contributed by atoms with Crippen LogP contribution in [0.25, 0.3) is 0 Å². The van der Waals surface area contributed by atoms with Crippen molar-refractivity contribution < 1.29 is 9.18 Å². The van der Waals surface area contributed by atoms with Gasteiger partial charge in [-0.25, -0.2) is 4.39 Å². The molecule has 0 saturated heterocycles. The van der Waals surface area contributed by atoms with E-state index in [0.29, 0.717) is 22.6 Å². The number of nitrogens with zero attached hydrogens (tertiary/aromatic N) is 2. The van der Waals surface area contributed by atoms with Gasteiger partial charge in [-0.05, 0) is 31.5 Å². The topological polar surface area (TPSA) is 72.9 Å². The number of hydrogen-bond donors (Lipinski definition) is 2. The van der Waals surface area contributed by atoms with E-state index in [4.69, 9.17) is 5.73 Å². The van der Waals surface area contributed by atoms with Gasteiger partial charge >= 0.3 is 0 Å². The normalized spacial score (nSPS) is 12.2. The van der Waals surface area contributed by atoms with Crippen LogP contribution < -0.4 is 11.1 Å². The molecular formula is C14H17FN4O. The first-order valence-corrected chi connectivity index (χ1v) is 6.25. The SMILES string of the molecule is Cc1nn(C)c(C(=O)NC(C)c2cccc(F)c2)c1N. The van der Waals surface area contributed by atoms with Gasteiger partial charge in [-0.15, -0.1) is 0 Å². The number of carbonyl (C=O) groups is 1. The number of rotatable bonds is 3. The second kappa shape index (κ2) is 5.32. The second-order valence-corrected chi connectivity index (χ2v) is 4.72. The Kier molecular flexibility index (Phi) is 3.74. The van der Waals surface area contributed by atoms with Crippen LogP contribution in [0.15, 0.2) is 24.3 Å². The Morgan fingerprint density at radius 1 is 1.50 bits per heavy atom. The lowest BCUT2D eigenvalue weighted by atomic mass is 10.1. The van der Waals surface area contributed by atoms with Crippen LogP contribution in [-0.4, -0.2) is 15.7 Å². The number of hydrogen-bond acceptors (Lipinski definition) is 3. The van der Waals surface area contributed by atoms with Crippen molar-refractivity contribution in [2.75, 3.05) is 5.73 Å². The Morgan fingerprint density at radius 3 is 2.75 bits per heavy atom. The zero-order valence-electron chi connectivity index (χ0n) is 11.6. The molecule has 1 aromatic heterocycles. The number of aryl methyl sites for hydroxylation is 2. The molecule has 2 aromatic rings. The minimum atomic E-state index is -0.334. The highest BCUT2D eigenvalue weighted by Gasteiger charge is 2.20. The van der Waals surface area contributed by atoms with Gasteiger partial charge in [0.2, 0.25) is 0 Å². The van der Waals surface area contributed by atoms with Gasteiger partial charge in [0.1, 0.15) is 11.5 Å². The average molecular weight is 276 g/mol. The third-order valence-electron chi connectivity index (χ3n) is 3.18. The van der Waals surface area contributed by atoms with Crippen LogP contribution in [0.4, 0.5) is 10.1 Å². The Bertz CT molecular complexity index is 651. The summed E-state index contributed by atoms with van der Waals surface area (Å²) in [7, 11) is 1.66. The average Bonchev–Trinajstić information content (AvgIpc) is 2.63. The van der Waals surface area contributed by atoms with Gasteiger partial charge < -0.3 is 11.1 Å². The molecule has 2 rings (SSSR count). The molecule has 3 N–H and O–H groups in total. The molecule has 20 heavy (non-hydrogen) atoms. The Morgan fingerprint density at radius 2 is 2.20 bits per heavy atom. The van der Waals surface area contributed by atoms with Gasteiger partial charge in [-0.3, -0.25) is 9.48 Å². The maximum atomic E-state index is 13.2. The molecule has 1 heterocycles. The quantitative estimate of drug-likeness (QED) is 0.899. The fraction of sp³-hybridized carbons (Fsp3) is 0.286. The number of anilines is 1. The van der Waals surface area contributed by atoms with Crippen LogP contribution in [0.3, 0.4) is 0 Å². The smallest absolute Gasteiger partial charge is 0.272 e. The van der Waals surface area contributed by atoms with E-state index < -0.39 is 0 Å². The van der Waals surface area contributed by atoms with Crippen LogP contribution in [0.1, 0.15) is 34.7 Å². The summed E-state index contributed by atoms with van der Waals surface area (Å²) in [6.07, 6.45) is 0. The van der Waals surface area contributed by atoms with Crippen LogP contribution in [-0.2, 0) is 7.05 Å². The highest BCUT2D eigenvalue weighted by molar-refractivity contribution is 5.98. The number of nitrogens with one attached hydrogen (secondary N) is 1. The molecule has 1 atom stereocenters. The van der Waals surface area contributed by atoms with Crippen molar-refractivity contribution in [3.63, 3.8) is 0 Å². The van der Waals surface area contributed by atoms with E-state index in [1.807, 2.05) is 0 Å². The number of halogens is 1. The molecule has 0 spiro atoms. The third kappa shape index (κ3) is 2.64. The van der Waals surface area contributed by atoms with E-state index in [9.17, 15) is 9.18 Å². The van der Waals surface area contributed by atoms with Crippen molar-refractivity contribution in [2.24, 2.45) is 7.05 Å². The lowest BCUT2D eigenvalue weighted by molar-refractivity contribution is 0.0931. The zero-order chi connectivity index (χ0) is 14.9. The van der Waals surface area contributed by atoms with Gasteiger partial charge in [0.25, 0.3) is 5.91 Å². The van der Waals surface area contributed by atoms with E-state index in [1.54, 1.807) is 33.0 Å². The summed E-state index contributed by atoms with van der Waals surface area (Å²) in [6.45, 7) is 3.52. The molecule has 1 unspecified atom stereocenters. The van der Waals surface area contributed by atoms with Crippen molar-refractivity contribution in [2.45, 2.75) is 19.9 Å². The standard InChI is InChI=1S/C14H17FN4O/c1-8(10-5-4-6-11(15)7-10)17-14(20)13-12(16)9(2)18-19(13)3/h4-8H,16H2,1-3H3,(H,17,20). The molecule has 0 aliphatic rings. The van der Waals surface area contributed by atoms with Crippen LogP contribution in [0.2, 0.25) is 0 Å². The first-order chi connectivity index (χ1) is 9.40. The third-order valence-corrected chi connectivity index (χ3v) is 3.18. The molecule has 106 valence electrons. The number of carbonyl (C=O) groups excluding carboxylic acids is 1. The predicted octanol–water partition coefficient (Wildman–Crippen LogP) is 1.94. The predicted molar refractivity (Wildman–Crippen MR) is 74.6 cm³/mol. The molecular weight excluding hydrogens is 259 g/mol. The van der Waals surface area contributed by atoms with Gasteiger partial charge in [-0.2, -0.15) is 5.10 Å². The lowest BCUT2D eigenvalue weighted by Gasteiger charge is -2.14. The molecule has 0 radical (unpaired) electrons. The fourth-order valence-corrected chi connectivity index (χ4v) is 2.07. The zero-order valence-corrected chi connectivity index (χ0v) is 11.6. The van der Waals surface area contributed by atoms with Crippen molar-refractivity contribution in [1.82, 2.24) is 15.1 Å². The summed E-state index contributed by atoms with van der Waals surface area (Å²) in [4.78, 5) is 12.2. The minimum Gasteiger partial charge on any atom is -0.395 e. The Balaban J connectivity index is 2.19. The van der Waals surface area contributed by atoms with E-state index in [1.165, 1.54) is 16.8 Å². The maximum absolute atomic E-state index is 13.2. The van der Waals surface area contributed by atoms with Crippen molar-refractivity contribution in [3.8, 4) is 0 Å².